The Morgan fingerprint density at radius 1 is 1.86 bits per heavy atom. The summed E-state index contributed by atoms with van der Waals surface area (Å²) in [7, 11) is 0. The highest BCUT2D eigenvalue weighted by Crippen LogP contribution is 1.82. The van der Waals surface area contributed by atoms with Gasteiger partial charge in [-0.2, -0.15) is 0 Å². The Balaban J connectivity index is 2.56. The maximum Gasteiger partial charge on any atom is 0.282 e. The van der Waals surface area contributed by atoms with Crippen molar-refractivity contribution in [3.8, 4) is 0 Å². The third-order valence-electron chi connectivity index (χ3n) is 0.466. The Kier molecular flexibility index (Phi) is 5.96. The van der Waals surface area contributed by atoms with Crippen molar-refractivity contribution in [1.82, 2.24) is 4.72 Å². The zero-order valence-corrected chi connectivity index (χ0v) is 5.05. The third kappa shape index (κ3) is 5.98. The molecule has 0 saturated carbocycles. The van der Waals surface area contributed by atoms with E-state index in [4.69, 9.17) is 0 Å². The Bertz CT molecular complexity index is 49.0. The molecule has 0 unspecified atom stereocenters. The summed E-state index contributed by atoms with van der Waals surface area (Å²) in [6.07, 6.45) is 1.05. The van der Waals surface area contributed by atoms with Gasteiger partial charge in [-0.1, -0.05) is 6.92 Å². The molecule has 0 bridgehead atoms. The summed E-state index contributed by atoms with van der Waals surface area (Å²) in [4.78, 5) is 9.46. The van der Waals surface area contributed by atoms with Crippen molar-refractivity contribution in [1.29, 1.82) is 0 Å². The van der Waals surface area contributed by atoms with Gasteiger partial charge in [-0.3, -0.25) is 9.52 Å². The molecule has 1 radical (unpaired) electrons. The van der Waals surface area contributed by atoms with E-state index in [1.54, 1.807) is 5.62 Å². The van der Waals surface area contributed by atoms with Gasteiger partial charge in [0, 0.05) is 18.5 Å². The lowest BCUT2D eigenvalue weighted by Gasteiger charge is -1.89. The monoisotopic (exact) mass is 118 g/mol. The minimum absolute atomic E-state index is 0.875. The fourth-order valence-corrected chi connectivity index (χ4v) is 0.548. The maximum atomic E-state index is 9.46. The van der Waals surface area contributed by atoms with Crippen LogP contribution in [-0.4, -0.2) is 12.2 Å². The Hall–Kier alpha value is -0.0200. The molecule has 0 rings (SSSR count). The first-order valence-corrected chi connectivity index (χ1v) is 2.99. The van der Waals surface area contributed by atoms with E-state index in [2.05, 4.69) is 4.72 Å². The Morgan fingerprint density at radius 3 is 3.00 bits per heavy atom. The second-order valence-corrected chi connectivity index (χ2v) is 1.74. The van der Waals surface area contributed by atoms with Crippen LogP contribution in [0.5, 0.6) is 0 Å². The SMILES string of the molecule is CCCNS[C]=O. The maximum absolute atomic E-state index is 9.46. The first-order chi connectivity index (χ1) is 3.41. The van der Waals surface area contributed by atoms with Crippen LogP contribution in [0.2, 0.25) is 0 Å². The van der Waals surface area contributed by atoms with Crippen LogP contribution in [0.15, 0.2) is 0 Å². The van der Waals surface area contributed by atoms with Gasteiger partial charge in [-0.25, -0.2) is 0 Å². The largest absolute Gasteiger partial charge is 0.282 e. The molecule has 0 spiro atoms. The van der Waals surface area contributed by atoms with Gasteiger partial charge in [-0.15, -0.1) is 0 Å². The zero-order valence-electron chi connectivity index (χ0n) is 4.23. The van der Waals surface area contributed by atoms with Crippen molar-refractivity contribution in [3.05, 3.63) is 0 Å². The van der Waals surface area contributed by atoms with Crippen LogP contribution in [0, 0.1) is 0 Å². The molecule has 0 aliphatic rings. The topological polar surface area (TPSA) is 29.1 Å². The summed E-state index contributed by atoms with van der Waals surface area (Å²) in [6.45, 7) is 2.91. The molecular weight excluding hydrogens is 110 g/mol. The van der Waals surface area contributed by atoms with Gasteiger partial charge in [0.2, 0.25) is 0 Å². The quantitative estimate of drug-likeness (QED) is 0.435. The first kappa shape index (κ1) is 6.98. The molecule has 1 N–H and O–H groups in total. The average Bonchev–Trinajstić information content (AvgIpc) is 1.69. The van der Waals surface area contributed by atoms with Crippen LogP contribution in [0.3, 0.4) is 0 Å². The molecule has 41 valence electrons. The summed E-state index contributed by atoms with van der Waals surface area (Å²) in [5, 5.41) is 0. The van der Waals surface area contributed by atoms with Crippen molar-refractivity contribution in [3.63, 3.8) is 0 Å². The molecule has 0 fully saturated rings. The predicted octanol–water partition coefficient (Wildman–Crippen LogP) is 0.701. The van der Waals surface area contributed by atoms with Crippen LogP contribution in [-0.2, 0) is 4.79 Å². The standard InChI is InChI=1S/C4H8NOS/c1-2-3-5-7-4-6/h5H,2-3H2,1H3. The fourth-order valence-electron chi connectivity index (χ4n) is 0.183. The molecular formula is C4H8NOS. The normalized spacial score (nSPS) is 8.71. The molecule has 3 heteroatoms. The van der Waals surface area contributed by atoms with Gasteiger partial charge < -0.3 is 0 Å². The lowest BCUT2D eigenvalue weighted by atomic mass is 10.5. The van der Waals surface area contributed by atoms with Crippen molar-refractivity contribution in [2.75, 3.05) is 6.54 Å². The highest BCUT2D eigenvalue weighted by atomic mass is 32.2. The summed E-state index contributed by atoms with van der Waals surface area (Å²) < 4.78 is 2.78. The van der Waals surface area contributed by atoms with E-state index in [0.29, 0.717) is 0 Å². The fraction of sp³-hybridized carbons (Fsp3) is 0.750. The molecule has 0 aromatic rings. The zero-order chi connectivity index (χ0) is 5.54. The Morgan fingerprint density at radius 2 is 2.57 bits per heavy atom. The van der Waals surface area contributed by atoms with Crippen LogP contribution >= 0.6 is 11.9 Å². The summed E-state index contributed by atoms with van der Waals surface area (Å²) in [6, 6.07) is 0. The van der Waals surface area contributed by atoms with Crippen LogP contribution in [0.4, 0.5) is 0 Å². The van der Waals surface area contributed by atoms with E-state index in [9.17, 15) is 4.79 Å². The van der Waals surface area contributed by atoms with Crippen LogP contribution < -0.4 is 4.72 Å². The van der Waals surface area contributed by atoms with Gasteiger partial charge >= 0.3 is 0 Å². The third-order valence-corrected chi connectivity index (χ3v) is 0.898. The smallest absolute Gasteiger partial charge is 0.276 e. The molecule has 0 saturated heterocycles. The average molecular weight is 118 g/mol. The molecule has 0 heterocycles. The summed E-state index contributed by atoms with van der Waals surface area (Å²) >= 11 is 0.977. The van der Waals surface area contributed by atoms with Gasteiger partial charge in [-0.05, 0) is 6.42 Å². The highest BCUT2D eigenvalue weighted by molar-refractivity contribution is 8.10. The summed E-state index contributed by atoms with van der Waals surface area (Å²) in [5.41, 5.74) is 1.66. The Labute approximate surface area is 47.8 Å². The van der Waals surface area contributed by atoms with Gasteiger partial charge in [0.25, 0.3) is 5.62 Å². The molecule has 0 atom stereocenters. The van der Waals surface area contributed by atoms with Gasteiger partial charge in [0.1, 0.15) is 0 Å². The van der Waals surface area contributed by atoms with E-state index >= 15 is 0 Å². The minimum atomic E-state index is 0.875. The second-order valence-electron chi connectivity index (χ2n) is 1.08. The minimum Gasteiger partial charge on any atom is -0.276 e. The molecule has 0 aliphatic carbocycles. The molecule has 0 aliphatic heterocycles. The highest BCUT2D eigenvalue weighted by Gasteiger charge is 1.78. The molecule has 0 aromatic carbocycles. The number of carbonyl (C=O) groups excluding carboxylic acids is 1. The van der Waals surface area contributed by atoms with E-state index in [-0.39, 0.29) is 0 Å². The van der Waals surface area contributed by atoms with E-state index in [1.165, 1.54) is 0 Å². The number of hydrogen-bond acceptors (Lipinski definition) is 3. The molecule has 0 aromatic heterocycles. The van der Waals surface area contributed by atoms with Crippen molar-refractivity contribution >= 4 is 17.6 Å². The molecule has 7 heavy (non-hydrogen) atoms. The molecule has 2 nitrogen and oxygen atoms in total. The number of hydrogen-bond donors (Lipinski definition) is 1. The number of nitrogens with one attached hydrogen (secondary N) is 1. The van der Waals surface area contributed by atoms with Crippen molar-refractivity contribution < 1.29 is 4.79 Å². The van der Waals surface area contributed by atoms with E-state index < -0.39 is 0 Å². The van der Waals surface area contributed by atoms with Crippen molar-refractivity contribution in [2.24, 2.45) is 0 Å². The number of rotatable bonds is 4. The van der Waals surface area contributed by atoms with Crippen LogP contribution in [0.1, 0.15) is 13.3 Å². The lowest BCUT2D eigenvalue weighted by Crippen LogP contribution is -2.02. The van der Waals surface area contributed by atoms with Crippen LogP contribution in [0.25, 0.3) is 0 Å². The lowest BCUT2D eigenvalue weighted by molar-refractivity contribution is 0.569. The second kappa shape index (κ2) is 5.98. The predicted molar refractivity (Wildman–Crippen MR) is 31.6 cm³/mol. The summed E-state index contributed by atoms with van der Waals surface area (Å²) in [5.74, 6) is 0. The van der Waals surface area contributed by atoms with Gasteiger partial charge in [0.05, 0.1) is 0 Å². The van der Waals surface area contributed by atoms with Crippen molar-refractivity contribution in [2.45, 2.75) is 13.3 Å². The molecule has 0 amide bonds. The van der Waals surface area contributed by atoms with E-state index in [1.807, 2.05) is 6.92 Å². The first-order valence-electron chi connectivity index (χ1n) is 2.17. The van der Waals surface area contributed by atoms with Gasteiger partial charge in [0.15, 0.2) is 0 Å². The van der Waals surface area contributed by atoms with E-state index in [0.717, 1.165) is 24.9 Å².